The van der Waals surface area contributed by atoms with E-state index < -0.39 is 51.7 Å². The van der Waals surface area contributed by atoms with Crippen molar-refractivity contribution < 1.29 is 46.9 Å². The maximum atomic E-state index is 13.3. The van der Waals surface area contributed by atoms with E-state index in [-0.39, 0.29) is 35.7 Å². The fourth-order valence-corrected chi connectivity index (χ4v) is 3.95. The van der Waals surface area contributed by atoms with Crippen molar-refractivity contribution in [2.75, 3.05) is 32.6 Å². The minimum atomic E-state index is -3.52. The van der Waals surface area contributed by atoms with E-state index in [0.29, 0.717) is 11.1 Å². The van der Waals surface area contributed by atoms with Crippen LogP contribution in [0.4, 0.5) is 4.79 Å². The van der Waals surface area contributed by atoms with Crippen LogP contribution in [0.25, 0.3) is 11.1 Å². The van der Waals surface area contributed by atoms with E-state index in [0.717, 1.165) is 6.26 Å². The smallest absolute Gasteiger partial charge is 0.408 e. The highest BCUT2D eigenvalue weighted by Gasteiger charge is 2.23. The van der Waals surface area contributed by atoms with Gasteiger partial charge in [-0.2, -0.15) is 0 Å². The number of nitrogens with zero attached hydrogens (tertiary/aromatic N) is 1. The zero-order chi connectivity index (χ0) is 30.6. The normalized spacial score (nSPS) is 12.0. The van der Waals surface area contributed by atoms with Gasteiger partial charge in [0.25, 0.3) is 5.09 Å². The third-order valence-corrected chi connectivity index (χ3v) is 6.20. The highest BCUT2D eigenvalue weighted by Crippen LogP contribution is 2.29. The van der Waals surface area contributed by atoms with E-state index in [9.17, 15) is 32.9 Å². The van der Waals surface area contributed by atoms with Gasteiger partial charge in [-0.3, -0.25) is 4.79 Å². The lowest BCUT2D eigenvalue weighted by Gasteiger charge is -2.19. The SMILES string of the molecule is CC(C)(C)OC(=O)NCC(=O)OC/C(=C(\C(=O)OCCCO[N+](=O)[O-])c1ccccc1)c1ccc(S(C)(=O)=O)cc1. The van der Waals surface area contributed by atoms with Crippen LogP contribution in [0, 0.1) is 10.1 Å². The molecule has 0 fully saturated rings. The largest absolute Gasteiger partial charge is 0.462 e. The number of rotatable bonds is 13. The lowest BCUT2D eigenvalue weighted by molar-refractivity contribution is -0.757. The van der Waals surface area contributed by atoms with Gasteiger partial charge >= 0.3 is 18.0 Å². The Bertz CT molecular complexity index is 1360. The molecule has 0 aliphatic carbocycles. The van der Waals surface area contributed by atoms with Crippen molar-refractivity contribution in [3.63, 3.8) is 0 Å². The molecule has 0 bridgehead atoms. The number of ether oxygens (including phenoxy) is 3. The molecule has 0 aromatic heterocycles. The van der Waals surface area contributed by atoms with Crippen molar-refractivity contribution in [3.8, 4) is 0 Å². The standard InChI is InChI=1S/C27H32N2O11S/c1-27(2,3)40-26(32)28-17-23(30)38-18-22(19-11-13-21(14-12-19)41(4,35)36)24(20-9-6-5-7-10-20)25(31)37-15-8-16-39-29(33)34/h5-7,9-14H,8,15-18H2,1-4H3,(H,28,32)/b24-22+. The van der Waals surface area contributed by atoms with Gasteiger partial charge in [-0.05, 0) is 44.0 Å². The Kier molecular flexibility index (Phi) is 11.8. The molecule has 41 heavy (non-hydrogen) atoms. The number of carbonyl (C=O) groups is 3. The maximum absolute atomic E-state index is 13.3. The molecule has 0 saturated carbocycles. The number of benzene rings is 2. The second-order valence-electron chi connectivity index (χ2n) is 9.58. The summed E-state index contributed by atoms with van der Waals surface area (Å²) in [6.07, 6.45) is 0.266. The van der Waals surface area contributed by atoms with Crippen LogP contribution in [0.3, 0.4) is 0 Å². The van der Waals surface area contributed by atoms with Crippen LogP contribution in [0.2, 0.25) is 0 Å². The lowest BCUT2D eigenvalue weighted by atomic mass is 9.95. The molecule has 14 heteroatoms. The predicted molar refractivity (Wildman–Crippen MR) is 147 cm³/mol. The van der Waals surface area contributed by atoms with Gasteiger partial charge in [0, 0.05) is 18.2 Å². The molecular weight excluding hydrogens is 560 g/mol. The number of amides is 1. The van der Waals surface area contributed by atoms with Crippen molar-refractivity contribution in [1.29, 1.82) is 0 Å². The molecule has 1 amide bonds. The monoisotopic (exact) mass is 592 g/mol. The Morgan fingerprint density at radius 1 is 0.927 bits per heavy atom. The van der Waals surface area contributed by atoms with Crippen LogP contribution >= 0.6 is 0 Å². The topological polar surface area (TPSA) is 177 Å². The Morgan fingerprint density at radius 2 is 1.56 bits per heavy atom. The van der Waals surface area contributed by atoms with Crippen LogP contribution in [-0.2, 0) is 38.5 Å². The summed E-state index contributed by atoms with van der Waals surface area (Å²) in [6.45, 7) is 3.53. The maximum Gasteiger partial charge on any atom is 0.408 e. The van der Waals surface area contributed by atoms with E-state index in [1.165, 1.54) is 24.3 Å². The molecule has 2 rings (SSSR count). The average Bonchev–Trinajstić information content (AvgIpc) is 2.88. The van der Waals surface area contributed by atoms with Crippen molar-refractivity contribution >= 4 is 39.0 Å². The van der Waals surface area contributed by atoms with Gasteiger partial charge in [0.05, 0.1) is 23.7 Å². The fourth-order valence-electron chi connectivity index (χ4n) is 3.32. The summed E-state index contributed by atoms with van der Waals surface area (Å²) in [4.78, 5) is 52.3. The third-order valence-electron chi connectivity index (χ3n) is 5.07. The molecule has 0 atom stereocenters. The first-order chi connectivity index (χ1) is 19.2. The minimum absolute atomic E-state index is 0.0146. The van der Waals surface area contributed by atoms with Gasteiger partial charge in [0.15, 0.2) is 9.84 Å². The molecule has 0 spiro atoms. The highest BCUT2D eigenvalue weighted by atomic mass is 32.2. The molecule has 2 aromatic carbocycles. The summed E-state index contributed by atoms with van der Waals surface area (Å²) < 4.78 is 39.7. The first kappa shape index (κ1) is 32.8. The number of carbonyl (C=O) groups excluding carboxylic acids is 3. The molecule has 0 radical (unpaired) electrons. The third kappa shape index (κ3) is 11.7. The van der Waals surface area contributed by atoms with Crippen LogP contribution in [-0.4, -0.2) is 69.8 Å². The Labute approximate surface area is 237 Å². The van der Waals surface area contributed by atoms with Gasteiger partial charge in [-0.1, -0.05) is 42.5 Å². The number of hydrogen-bond donors (Lipinski definition) is 1. The number of alkyl carbamates (subject to hydrolysis) is 1. The number of esters is 2. The summed E-state index contributed by atoms with van der Waals surface area (Å²) in [5, 5.41) is 11.7. The molecule has 0 aliphatic rings. The number of hydrogen-bond acceptors (Lipinski definition) is 11. The Balaban J connectivity index is 2.41. The number of sulfone groups is 1. The molecule has 0 aliphatic heterocycles. The Hall–Kier alpha value is -4.46. The second-order valence-corrected chi connectivity index (χ2v) is 11.6. The second kappa shape index (κ2) is 14.8. The van der Waals surface area contributed by atoms with Crippen molar-refractivity contribution in [3.05, 3.63) is 75.8 Å². The lowest BCUT2D eigenvalue weighted by Crippen LogP contribution is -2.36. The van der Waals surface area contributed by atoms with Gasteiger partial charge in [0.1, 0.15) is 18.8 Å². The average molecular weight is 593 g/mol. The molecule has 13 nitrogen and oxygen atoms in total. The predicted octanol–water partition coefficient (Wildman–Crippen LogP) is 3.21. The molecular formula is C27H32N2O11S. The van der Waals surface area contributed by atoms with Crippen LogP contribution in [0.5, 0.6) is 0 Å². The van der Waals surface area contributed by atoms with Gasteiger partial charge in [0.2, 0.25) is 0 Å². The molecule has 0 saturated heterocycles. The van der Waals surface area contributed by atoms with E-state index in [1.54, 1.807) is 51.1 Å². The summed E-state index contributed by atoms with van der Waals surface area (Å²) in [7, 11) is -3.52. The van der Waals surface area contributed by atoms with Crippen LogP contribution in [0.1, 0.15) is 38.3 Å². The quantitative estimate of drug-likeness (QED) is 0.0687. The van der Waals surface area contributed by atoms with Gasteiger partial charge in [-0.15, -0.1) is 10.1 Å². The van der Waals surface area contributed by atoms with E-state index in [4.69, 9.17) is 14.2 Å². The molecule has 1 N–H and O–H groups in total. The number of nitrogens with one attached hydrogen (secondary N) is 1. The first-order valence-corrected chi connectivity index (χ1v) is 14.2. The zero-order valence-electron chi connectivity index (χ0n) is 23.1. The minimum Gasteiger partial charge on any atom is -0.462 e. The van der Waals surface area contributed by atoms with Crippen LogP contribution in [0.15, 0.2) is 59.5 Å². The van der Waals surface area contributed by atoms with Crippen molar-refractivity contribution in [1.82, 2.24) is 5.32 Å². The van der Waals surface area contributed by atoms with E-state index in [1.807, 2.05) is 0 Å². The van der Waals surface area contributed by atoms with Crippen molar-refractivity contribution in [2.24, 2.45) is 0 Å². The zero-order valence-corrected chi connectivity index (χ0v) is 23.9. The molecule has 0 unspecified atom stereocenters. The Morgan fingerprint density at radius 3 is 2.12 bits per heavy atom. The van der Waals surface area contributed by atoms with Crippen molar-refractivity contribution in [2.45, 2.75) is 37.7 Å². The van der Waals surface area contributed by atoms with Crippen LogP contribution < -0.4 is 5.32 Å². The molecule has 0 heterocycles. The van der Waals surface area contributed by atoms with E-state index in [2.05, 4.69) is 10.2 Å². The van der Waals surface area contributed by atoms with Gasteiger partial charge in [-0.25, -0.2) is 18.0 Å². The molecule has 222 valence electrons. The summed E-state index contributed by atoms with van der Waals surface area (Å²) in [5.74, 6) is -1.65. The fraction of sp³-hybridized carbons (Fsp3) is 0.370. The highest BCUT2D eigenvalue weighted by molar-refractivity contribution is 7.90. The summed E-state index contributed by atoms with van der Waals surface area (Å²) in [5.41, 5.74) is 0.193. The molecule has 2 aromatic rings. The van der Waals surface area contributed by atoms with Gasteiger partial charge < -0.3 is 24.4 Å². The van der Waals surface area contributed by atoms with E-state index >= 15 is 0 Å². The summed E-state index contributed by atoms with van der Waals surface area (Å²) >= 11 is 0. The first-order valence-electron chi connectivity index (χ1n) is 12.3. The summed E-state index contributed by atoms with van der Waals surface area (Å²) in [6, 6.07) is 13.9.